The van der Waals surface area contributed by atoms with Gasteiger partial charge < -0.3 is 10.3 Å². The van der Waals surface area contributed by atoms with E-state index in [2.05, 4.69) is 44.8 Å². The Balaban J connectivity index is 2.39. The number of thioether (sulfide) groups is 1. The van der Waals surface area contributed by atoms with Crippen LogP contribution in [0.4, 0.5) is 5.82 Å². The molecule has 1 atom stereocenters. The molecule has 2 aromatic rings. The summed E-state index contributed by atoms with van der Waals surface area (Å²) in [7, 11) is 1.83. The summed E-state index contributed by atoms with van der Waals surface area (Å²) in [5.41, 5.74) is 10.6. The van der Waals surface area contributed by atoms with E-state index in [0.29, 0.717) is 11.0 Å². The van der Waals surface area contributed by atoms with Gasteiger partial charge in [0, 0.05) is 18.4 Å². The molecule has 0 radical (unpaired) electrons. The SMILES string of the molecule is Cc1cc(C)c(C(C)Sc2nc(=O)cc(N)n2C)c(C)c1. The van der Waals surface area contributed by atoms with Crippen molar-refractivity contribution in [2.45, 2.75) is 38.1 Å². The summed E-state index contributed by atoms with van der Waals surface area (Å²) in [5, 5.41) is 0.845. The highest BCUT2D eigenvalue weighted by Crippen LogP contribution is 2.37. The molecule has 112 valence electrons. The van der Waals surface area contributed by atoms with Gasteiger partial charge in [-0.1, -0.05) is 29.5 Å². The Hall–Kier alpha value is -1.75. The third-order valence-corrected chi connectivity index (χ3v) is 4.74. The van der Waals surface area contributed by atoms with Crippen molar-refractivity contribution in [1.29, 1.82) is 0 Å². The molecule has 0 aliphatic heterocycles. The second kappa shape index (κ2) is 5.93. The van der Waals surface area contributed by atoms with E-state index in [9.17, 15) is 4.79 Å². The van der Waals surface area contributed by atoms with E-state index < -0.39 is 0 Å². The van der Waals surface area contributed by atoms with E-state index in [1.165, 1.54) is 28.3 Å². The molecule has 0 bridgehead atoms. The number of anilines is 1. The third-order valence-electron chi connectivity index (χ3n) is 3.58. The van der Waals surface area contributed by atoms with Crippen molar-refractivity contribution in [1.82, 2.24) is 9.55 Å². The van der Waals surface area contributed by atoms with Gasteiger partial charge in [-0.05, 0) is 44.4 Å². The third kappa shape index (κ3) is 3.29. The number of aromatic nitrogens is 2. The van der Waals surface area contributed by atoms with Gasteiger partial charge >= 0.3 is 0 Å². The first-order valence-corrected chi connectivity index (χ1v) is 7.75. The van der Waals surface area contributed by atoms with Crippen LogP contribution in [0.25, 0.3) is 0 Å². The van der Waals surface area contributed by atoms with Gasteiger partial charge in [0.25, 0.3) is 5.56 Å². The first kappa shape index (κ1) is 15.6. The van der Waals surface area contributed by atoms with Gasteiger partial charge in [0.15, 0.2) is 5.16 Å². The van der Waals surface area contributed by atoms with Gasteiger partial charge in [0.2, 0.25) is 0 Å². The van der Waals surface area contributed by atoms with Crippen molar-refractivity contribution in [3.63, 3.8) is 0 Å². The smallest absolute Gasteiger partial charge is 0.275 e. The number of benzene rings is 1. The van der Waals surface area contributed by atoms with Crippen molar-refractivity contribution in [2.75, 3.05) is 5.73 Å². The highest BCUT2D eigenvalue weighted by atomic mass is 32.2. The number of nitrogens with zero attached hydrogens (tertiary/aromatic N) is 2. The first-order chi connectivity index (χ1) is 9.79. The van der Waals surface area contributed by atoms with Crippen LogP contribution in [0.3, 0.4) is 0 Å². The minimum atomic E-state index is -0.294. The van der Waals surface area contributed by atoms with E-state index >= 15 is 0 Å². The number of hydrogen-bond acceptors (Lipinski definition) is 4. The molecule has 5 heteroatoms. The Morgan fingerprint density at radius 3 is 2.33 bits per heavy atom. The summed E-state index contributed by atoms with van der Waals surface area (Å²) in [4.78, 5) is 15.6. The molecular weight excluding hydrogens is 282 g/mol. The monoisotopic (exact) mass is 303 g/mol. The van der Waals surface area contributed by atoms with Crippen LogP contribution >= 0.6 is 11.8 Å². The molecular formula is C16H21N3OS. The topological polar surface area (TPSA) is 60.9 Å². The molecule has 21 heavy (non-hydrogen) atoms. The quantitative estimate of drug-likeness (QED) is 0.699. The highest BCUT2D eigenvalue weighted by molar-refractivity contribution is 7.99. The maximum Gasteiger partial charge on any atom is 0.275 e. The lowest BCUT2D eigenvalue weighted by atomic mass is 9.98. The average Bonchev–Trinajstić information content (AvgIpc) is 2.33. The van der Waals surface area contributed by atoms with Crippen LogP contribution in [0.15, 0.2) is 28.2 Å². The predicted molar refractivity (Wildman–Crippen MR) is 88.8 cm³/mol. The van der Waals surface area contributed by atoms with E-state index in [0.717, 1.165) is 0 Å². The second-order valence-corrected chi connectivity index (χ2v) is 6.74. The van der Waals surface area contributed by atoms with Crippen LogP contribution in [0.1, 0.15) is 34.4 Å². The second-order valence-electron chi connectivity index (χ2n) is 5.43. The largest absolute Gasteiger partial charge is 0.385 e. The van der Waals surface area contributed by atoms with Crippen molar-refractivity contribution >= 4 is 17.6 Å². The Kier molecular flexibility index (Phi) is 4.42. The normalized spacial score (nSPS) is 12.4. The molecule has 0 fully saturated rings. The molecule has 1 unspecified atom stereocenters. The Morgan fingerprint density at radius 1 is 1.19 bits per heavy atom. The number of rotatable bonds is 3. The summed E-state index contributed by atoms with van der Waals surface area (Å²) < 4.78 is 1.75. The maximum atomic E-state index is 11.5. The Labute approximate surface area is 129 Å². The molecule has 1 aromatic carbocycles. The fourth-order valence-electron chi connectivity index (χ4n) is 2.69. The number of nitrogens with two attached hydrogens (primary N) is 1. The molecule has 0 saturated heterocycles. The van der Waals surface area contributed by atoms with Crippen molar-refractivity contribution in [3.05, 3.63) is 50.8 Å². The fourth-order valence-corrected chi connectivity index (χ4v) is 3.90. The molecule has 2 N–H and O–H groups in total. The Bertz CT molecular complexity index is 714. The molecule has 0 aliphatic carbocycles. The maximum absolute atomic E-state index is 11.5. The molecule has 0 saturated carbocycles. The van der Waals surface area contributed by atoms with Gasteiger partial charge in [0.05, 0.1) is 0 Å². The zero-order valence-corrected chi connectivity index (χ0v) is 13.9. The summed E-state index contributed by atoms with van der Waals surface area (Å²) in [6.07, 6.45) is 0. The molecule has 0 aliphatic rings. The Morgan fingerprint density at radius 2 is 1.76 bits per heavy atom. The van der Waals surface area contributed by atoms with Gasteiger partial charge in [0.1, 0.15) is 5.82 Å². The van der Waals surface area contributed by atoms with Gasteiger partial charge in [-0.3, -0.25) is 4.79 Å². The van der Waals surface area contributed by atoms with Crippen LogP contribution in [0.5, 0.6) is 0 Å². The number of nitrogen functional groups attached to an aromatic ring is 1. The minimum Gasteiger partial charge on any atom is -0.385 e. The lowest BCUT2D eigenvalue weighted by molar-refractivity contribution is 0.736. The fraction of sp³-hybridized carbons (Fsp3) is 0.375. The van der Waals surface area contributed by atoms with Gasteiger partial charge in [-0.15, -0.1) is 0 Å². The van der Waals surface area contributed by atoms with Crippen molar-refractivity contribution in [2.24, 2.45) is 7.05 Å². The standard InChI is InChI=1S/C16H21N3OS/c1-9-6-10(2)15(11(3)7-9)12(4)21-16-18-14(20)8-13(17)19(16)5/h6-8,12H,17H2,1-5H3. The highest BCUT2D eigenvalue weighted by Gasteiger charge is 2.16. The minimum absolute atomic E-state index is 0.200. The summed E-state index contributed by atoms with van der Waals surface area (Å²) >= 11 is 1.56. The zero-order valence-electron chi connectivity index (χ0n) is 13.1. The molecule has 2 rings (SSSR count). The van der Waals surface area contributed by atoms with E-state index in [4.69, 9.17) is 5.73 Å². The van der Waals surface area contributed by atoms with E-state index in [-0.39, 0.29) is 10.8 Å². The summed E-state index contributed by atoms with van der Waals surface area (Å²) in [6.45, 7) is 8.48. The number of aryl methyl sites for hydroxylation is 3. The van der Waals surface area contributed by atoms with Crippen molar-refractivity contribution in [3.8, 4) is 0 Å². The van der Waals surface area contributed by atoms with Crippen LogP contribution in [0, 0.1) is 20.8 Å². The van der Waals surface area contributed by atoms with Crippen LogP contribution < -0.4 is 11.3 Å². The first-order valence-electron chi connectivity index (χ1n) is 6.87. The summed E-state index contributed by atoms with van der Waals surface area (Å²) in [5.74, 6) is 0.432. The van der Waals surface area contributed by atoms with Crippen molar-refractivity contribution < 1.29 is 0 Å². The zero-order chi connectivity index (χ0) is 15.7. The van der Waals surface area contributed by atoms with Crippen LogP contribution in [-0.4, -0.2) is 9.55 Å². The van der Waals surface area contributed by atoms with Crippen LogP contribution in [0.2, 0.25) is 0 Å². The lowest BCUT2D eigenvalue weighted by Crippen LogP contribution is -2.16. The van der Waals surface area contributed by atoms with Crippen LogP contribution in [-0.2, 0) is 7.05 Å². The molecule has 0 spiro atoms. The predicted octanol–water partition coefficient (Wildman–Crippen LogP) is 3.14. The molecule has 1 aromatic heterocycles. The molecule has 4 nitrogen and oxygen atoms in total. The van der Waals surface area contributed by atoms with E-state index in [1.807, 2.05) is 7.05 Å². The van der Waals surface area contributed by atoms with E-state index in [1.54, 1.807) is 16.3 Å². The average molecular weight is 303 g/mol. The molecule has 0 amide bonds. The lowest BCUT2D eigenvalue weighted by Gasteiger charge is -2.19. The van der Waals surface area contributed by atoms with Gasteiger partial charge in [-0.25, -0.2) is 0 Å². The molecule has 1 heterocycles. The number of hydrogen-bond donors (Lipinski definition) is 1. The van der Waals surface area contributed by atoms with Gasteiger partial charge in [-0.2, -0.15) is 4.98 Å². The summed E-state index contributed by atoms with van der Waals surface area (Å²) in [6, 6.07) is 5.72.